The number of carboxylic acid groups (broad SMARTS) is 1. The van der Waals surface area contributed by atoms with Gasteiger partial charge in [0.15, 0.2) is 0 Å². The zero-order valence-electron chi connectivity index (χ0n) is 12.9. The molecule has 0 aromatic heterocycles. The Morgan fingerprint density at radius 1 is 1.33 bits per heavy atom. The van der Waals surface area contributed by atoms with Gasteiger partial charge >= 0.3 is 12.0 Å². The highest BCUT2D eigenvalue weighted by Crippen LogP contribution is 2.38. The highest BCUT2D eigenvalue weighted by Gasteiger charge is 2.46. The topological polar surface area (TPSA) is 78.9 Å². The summed E-state index contributed by atoms with van der Waals surface area (Å²) < 4.78 is 5.63. The van der Waals surface area contributed by atoms with Crippen molar-refractivity contribution in [3.05, 3.63) is 0 Å². The molecule has 0 aromatic carbocycles. The minimum atomic E-state index is -0.849. The minimum absolute atomic E-state index is 0.101. The van der Waals surface area contributed by atoms with E-state index < -0.39 is 11.4 Å². The van der Waals surface area contributed by atoms with Crippen molar-refractivity contribution in [2.75, 3.05) is 20.2 Å². The summed E-state index contributed by atoms with van der Waals surface area (Å²) in [5, 5.41) is 12.3. The van der Waals surface area contributed by atoms with Crippen LogP contribution in [-0.4, -0.2) is 54.4 Å². The maximum atomic E-state index is 12.2. The highest BCUT2D eigenvalue weighted by atomic mass is 16.5. The Morgan fingerprint density at radius 2 is 2.10 bits per heavy atom. The van der Waals surface area contributed by atoms with Gasteiger partial charge < -0.3 is 20.1 Å². The molecule has 2 fully saturated rings. The zero-order chi connectivity index (χ0) is 15.5. The fourth-order valence-electron chi connectivity index (χ4n) is 3.25. The third-order valence-electron chi connectivity index (χ3n) is 4.84. The van der Waals surface area contributed by atoms with Gasteiger partial charge in [-0.1, -0.05) is 6.42 Å². The average molecular weight is 298 g/mol. The van der Waals surface area contributed by atoms with Gasteiger partial charge in [0.05, 0.1) is 11.5 Å². The number of likely N-dealkylation sites (N-methyl/N-ethyl adjacent to an activating group) is 1. The maximum Gasteiger partial charge on any atom is 0.317 e. The molecule has 3 atom stereocenters. The highest BCUT2D eigenvalue weighted by molar-refractivity contribution is 5.79. The van der Waals surface area contributed by atoms with E-state index in [-0.39, 0.29) is 18.2 Å². The second-order valence-electron chi connectivity index (χ2n) is 6.49. The van der Waals surface area contributed by atoms with Gasteiger partial charge in [-0.25, -0.2) is 4.79 Å². The zero-order valence-corrected chi connectivity index (χ0v) is 12.9. The molecule has 3 unspecified atom stereocenters. The first-order valence-corrected chi connectivity index (χ1v) is 7.80. The molecule has 1 saturated heterocycles. The van der Waals surface area contributed by atoms with E-state index in [1.54, 1.807) is 18.9 Å². The second kappa shape index (κ2) is 6.64. The van der Waals surface area contributed by atoms with Gasteiger partial charge in [-0.3, -0.25) is 4.79 Å². The standard InChI is InChI=1S/C15H26N2O4/c1-15(13(18)19)8-5-7-12(15)16-14(20)17(2)10-11-6-3-4-9-21-11/h11-12H,3-10H2,1-2H3,(H,16,20)(H,18,19). The van der Waals surface area contributed by atoms with Crippen LogP contribution >= 0.6 is 0 Å². The van der Waals surface area contributed by atoms with E-state index in [4.69, 9.17) is 4.74 Å². The van der Waals surface area contributed by atoms with Crippen molar-refractivity contribution in [3.8, 4) is 0 Å². The van der Waals surface area contributed by atoms with Crippen LogP contribution in [0.4, 0.5) is 4.79 Å². The van der Waals surface area contributed by atoms with E-state index in [0.29, 0.717) is 13.0 Å². The summed E-state index contributed by atoms with van der Waals surface area (Å²) in [6.45, 7) is 3.04. The quantitative estimate of drug-likeness (QED) is 0.830. The van der Waals surface area contributed by atoms with Gasteiger partial charge in [0, 0.05) is 26.2 Å². The van der Waals surface area contributed by atoms with Gasteiger partial charge in [0.25, 0.3) is 0 Å². The molecule has 1 heterocycles. The number of carboxylic acids is 1. The van der Waals surface area contributed by atoms with E-state index in [1.165, 1.54) is 0 Å². The molecule has 0 spiro atoms. The normalized spacial score (nSPS) is 32.7. The molecule has 1 aliphatic heterocycles. The summed E-state index contributed by atoms with van der Waals surface area (Å²) >= 11 is 0. The van der Waals surface area contributed by atoms with Crippen LogP contribution in [0.2, 0.25) is 0 Å². The van der Waals surface area contributed by atoms with Crippen LogP contribution in [0.15, 0.2) is 0 Å². The maximum absolute atomic E-state index is 12.2. The second-order valence-corrected chi connectivity index (χ2v) is 6.49. The number of carbonyl (C=O) groups is 2. The molecule has 2 amide bonds. The Bertz CT molecular complexity index is 395. The minimum Gasteiger partial charge on any atom is -0.481 e. The van der Waals surface area contributed by atoms with Gasteiger partial charge in [-0.05, 0) is 39.0 Å². The van der Waals surface area contributed by atoms with Crippen LogP contribution in [0.25, 0.3) is 0 Å². The monoisotopic (exact) mass is 298 g/mol. The Labute approximate surface area is 125 Å². The first-order chi connectivity index (χ1) is 9.93. The van der Waals surface area contributed by atoms with Crippen LogP contribution in [0.3, 0.4) is 0 Å². The number of nitrogens with one attached hydrogen (secondary N) is 1. The van der Waals surface area contributed by atoms with Gasteiger partial charge in [0.1, 0.15) is 0 Å². The van der Waals surface area contributed by atoms with Crippen LogP contribution < -0.4 is 5.32 Å². The first kappa shape index (κ1) is 16.1. The average Bonchev–Trinajstić information content (AvgIpc) is 2.82. The van der Waals surface area contributed by atoms with Crippen molar-refractivity contribution in [3.63, 3.8) is 0 Å². The lowest BCUT2D eigenvalue weighted by Crippen LogP contribution is -2.51. The van der Waals surface area contributed by atoms with Crippen molar-refractivity contribution in [2.24, 2.45) is 5.41 Å². The Morgan fingerprint density at radius 3 is 2.71 bits per heavy atom. The van der Waals surface area contributed by atoms with E-state index >= 15 is 0 Å². The molecule has 120 valence electrons. The molecule has 2 rings (SSSR count). The Balaban J connectivity index is 1.86. The van der Waals surface area contributed by atoms with Crippen molar-refractivity contribution >= 4 is 12.0 Å². The lowest BCUT2D eigenvalue weighted by Gasteiger charge is -2.31. The Hall–Kier alpha value is -1.30. The van der Waals surface area contributed by atoms with Crippen LogP contribution in [0.1, 0.15) is 45.4 Å². The summed E-state index contributed by atoms with van der Waals surface area (Å²) in [5.41, 5.74) is -0.849. The SMILES string of the molecule is CN(CC1CCCCO1)C(=O)NC1CCCC1(C)C(=O)O. The molecule has 0 radical (unpaired) electrons. The summed E-state index contributed by atoms with van der Waals surface area (Å²) in [5.74, 6) is -0.830. The van der Waals surface area contributed by atoms with Crippen molar-refractivity contribution in [1.82, 2.24) is 10.2 Å². The lowest BCUT2D eigenvalue weighted by atomic mass is 9.85. The van der Waals surface area contributed by atoms with E-state index in [1.807, 2.05) is 0 Å². The molecule has 6 heteroatoms. The van der Waals surface area contributed by atoms with Gasteiger partial charge in [-0.2, -0.15) is 0 Å². The molecular formula is C15H26N2O4. The van der Waals surface area contributed by atoms with E-state index in [0.717, 1.165) is 38.7 Å². The van der Waals surface area contributed by atoms with E-state index in [9.17, 15) is 14.7 Å². The summed E-state index contributed by atoms with van der Waals surface area (Å²) in [4.78, 5) is 25.3. The largest absolute Gasteiger partial charge is 0.481 e. The summed E-state index contributed by atoms with van der Waals surface area (Å²) in [6.07, 6.45) is 5.48. The lowest BCUT2D eigenvalue weighted by molar-refractivity contribution is -0.148. The van der Waals surface area contributed by atoms with Crippen molar-refractivity contribution in [1.29, 1.82) is 0 Å². The number of amides is 2. The third kappa shape index (κ3) is 3.67. The molecule has 21 heavy (non-hydrogen) atoms. The third-order valence-corrected chi connectivity index (χ3v) is 4.84. The van der Waals surface area contributed by atoms with Gasteiger partial charge in [-0.15, -0.1) is 0 Å². The number of carbonyl (C=O) groups excluding carboxylic acids is 1. The summed E-state index contributed by atoms with van der Waals surface area (Å²) in [6, 6.07) is -0.499. The van der Waals surface area contributed by atoms with Crippen LogP contribution in [0.5, 0.6) is 0 Å². The fourth-order valence-corrected chi connectivity index (χ4v) is 3.25. The number of hydrogen-bond acceptors (Lipinski definition) is 3. The molecule has 1 aliphatic carbocycles. The number of rotatable bonds is 4. The van der Waals surface area contributed by atoms with Crippen molar-refractivity contribution < 1.29 is 19.4 Å². The number of urea groups is 1. The van der Waals surface area contributed by atoms with Crippen molar-refractivity contribution in [2.45, 2.75) is 57.6 Å². The molecule has 0 bridgehead atoms. The van der Waals surface area contributed by atoms with Crippen LogP contribution in [-0.2, 0) is 9.53 Å². The Kier molecular flexibility index (Phi) is 5.08. The fraction of sp³-hybridized carbons (Fsp3) is 0.867. The summed E-state index contributed by atoms with van der Waals surface area (Å²) in [7, 11) is 1.74. The number of ether oxygens (including phenoxy) is 1. The smallest absolute Gasteiger partial charge is 0.317 e. The number of aliphatic carboxylic acids is 1. The van der Waals surface area contributed by atoms with E-state index in [2.05, 4.69) is 5.32 Å². The number of hydrogen-bond donors (Lipinski definition) is 2. The predicted octanol–water partition coefficient (Wildman–Crippen LogP) is 1.84. The molecule has 1 saturated carbocycles. The molecule has 2 aliphatic rings. The molecular weight excluding hydrogens is 272 g/mol. The van der Waals surface area contributed by atoms with Crippen LogP contribution in [0, 0.1) is 5.41 Å². The number of nitrogens with zero attached hydrogens (tertiary/aromatic N) is 1. The predicted molar refractivity (Wildman–Crippen MR) is 78.1 cm³/mol. The molecule has 6 nitrogen and oxygen atoms in total. The molecule has 2 N–H and O–H groups in total. The van der Waals surface area contributed by atoms with Gasteiger partial charge in [0.2, 0.25) is 0 Å². The first-order valence-electron chi connectivity index (χ1n) is 7.80. The molecule has 0 aromatic rings.